The summed E-state index contributed by atoms with van der Waals surface area (Å²) in [6.45, 7) is 2.60. The van der Waals surface area contributed by atoms with Gasteiger partial charge in [0.05, 0.1) is 18.8 Å². The second-order valence-corrected chi connectivity index (χ2v) is 3.05. The average molecular weight is 138 g/mol. The minimum absolute atomic E-state index is 0.0930. The molecule has 10 heavy (non-hydrogen) atoms. The molecule has 3 heteroatoms. The van der Waals surface area contributed by atoms with E-state index in [0.29, 0.717) is 0 Å². The topological polar surface area (TPSA) is 36.3 Å². The van der Waals surface area contributed by atoms with Crippen molar-refractivity contribution in [2.75, 3.05) is 19.7 Å². The third-order valence-corrected chi connectivity index (χ3v) is 2.42. The van der Waals surface area contributed by atoms with Crippen LogP contribution in [0.4, 0.5) is 0 Å². The van der Waals surface area contributed by atoms with E-state index >= 15 is 0 Å². The minimum Gasteiger partial charge on any atom is -0.373 e. The molecular weight excluding hydrogens is 128 g/mol. The molecule has 2 rings (SSSR count). The molecule has 2 aliphatic rings. The maximum Gasteiger partial charge on any atom is 0.179 e. The molecule has 1 atom stereocenters. The molecule has 0 aromatic rings. The van der Waals surface area contributed by atoms with Gasteiger partial charge in [-0.1, -0.05) is 0 Å². The highest BCUT2D eigenvalue weighted by atomic mass is 16.5. The number of ether oxygens (including phenoxy) is 1. The Bertz CT molecular complexity index is 181. The molecule has 0 aromatic heterocycles. The normalized spacial score (nSPS) is 37.7. The van der Waals surface area contributed by atoms with Gasteiger partial charge >= 0.3 is 0 Å². The lowest BCUT2D eigenvalue weighted by Gasteiger charge is -2.37. The first-order valence-corrected chi connectivity index (χ1v) is 3.63. The van der Waals surface area contributed by atoms with E-state index in [1.54, 1.807) is 4.90 Å². The second-order valence-electron chi connectivity index (χ2n) is 3.05. The van der Waals surface area contributed by atoms with Gasteiger partial charge in [-0.05, 0) is 6.42 Å². The molecule has 0 radical (unpaired) electrons. The van der Waals surface area contributed by atoms with Crippen molar-refractivity contribution in [3.63, 3.8) is 0 Å². The molecule has 0 amide bonds. The summed E-state index contributed by atoms with van der Waals surface area (Å²) in [5, 5.41) is 8.54. The zero-order chi connectivity index (χ0) is 7.03. The van der Waals surface area contributed by atoms with Gasteiger partial charge < -0.3 is 9.64 Å². The number of hydrogen-bond donors (Lipinski definition) is 0. The highest BCUT2D eigenvalue weighted by molar-refractivity contribution is 4.99. The number of nitrogens with zero attached hydrogens (tertiary/aromatic N) is 2. The summed E-state index contributed by atoms with van der Waals surface area (Å²) in [6.07, 6.45) is 4.33. The summed E-state index contributed by atoms with van der Waals surface area (Å²) < 4.78 is 5.42. The Balaban J connectivity index is 2.00. The average Bonchev–Trinajstić information content (AvgIpc) is 2.29. The van der Waals surface area contributed by atoms with Crippen LogP contribution in [-0.4, -0.2) is 30.2 Å². The Kier molecular flexibility index (Phi) is 1.12. The van der Waals surface area contributed by atoms with Gasteiger partial charge in [0, 0.05) is 13.0 Å². The van der Waals surface area contributed by atoms with Crippen LogP contribution in [0.1, 0.15) is 12.8 Å². The fraction of sp³-hybridized carbons (Fsp3) is 0.857. The number of rotatable bonds is 0. The van der Waals surface area contributed by atoms with E-state index in [0.717, 1.165) is 32.5 Å². The van der Waals surface area contributed by atoms with Crippen molar-refractivity contribution in [3.8, 4) is 6.19 Å². The van der Waals surface area contributed by atoms with E-state index in [1.165, 1.54) is 0 Å². The quantitative estimate of drug-likeness (QED) is 0.453. The monoisotopic (exact) mass is 138 g/mol. The highest BCUT2D eigenvalue weighted by Crippen LogP contribution is 2.35. The van der Waals surface area contributed by atoms with Crippen molar-refractivity contribution in [1.82, 2.24) is 4.90 Å². The molecule has 0 unspecified atom stereocenters. The smallest absolute Gasteiger partial charge is 0.179 e. The molecule has 0 aromatic carbocycles. The first-order chi connectivity index (χ1) is 4.85. The molecular formula is C7H10N2O. The Labute approximate surface area is 60.2 Å². The van der Waals surface area contributed by atoms with Crippen molar-refractivity contribution in [2.45, 2.75) is 18.4 Å². The van der Waals surface area contributed by atoms with Gasteiger partial charge in [0.25, 0.3) is 0 Å². The van der Waals surface area contributed by atoms with Crippen LogP contribution in [0.5, 0.6) is 0 Å². The van der Waals surface area contributed by atoms with Gasteiger partial charge in [-0.15, -0.1) is 0 Å². The molecule has 0 aliphatic carbocycles. The highest BCUT2D eigenvalue weighted by Gasteiger charge is 2.44. The summed E-state index contributed by atoms with van der Waals surface area (Å²) >= 11 is 0. The number of likely N-dealkylation sites (tertiary alicyclic amines) is 1. The zero-order valence-corrected chi connectivity index (χ0v) is 5.84. The Morgan fingerprint density at radius 3 is 2.60 bits per heavy atom. The molecule has 2 aliphatic heterocycles. The zero-order valence-electron chi connectivity index (χ0n) is 5.84. The lowest BCUT2D eigenvalue weighted by Crippen LogP contribution is -2.45. The molecule has 3 nitrogen and oxygen atoms in total. The van der Waals surface area contributed by atoms with Gasteiger partial charge in [-0.2, -0.15) is 5.26 Å². The van der Waals surface area contributed by atoms with Crippen molar-refractivity contribution in [2.24, 2.45) is 0 Å². The fourth-order valence-electron chi connectivity index (χ4n) is 1.64. The fourth-order valence-corrected chi connectivity index (χ4v) is 1.64. The van der Waals surface area contributed by atoms with Gasteiger partial charge in [-0.3, -0.25) is 0 Å². The van der Waals surface area contributed by atoms with Crippen LogP contribution in [0.25, 0.3) is 0 Å². The third-order valence-electron chi connectivity index (χ3n) is 2.42. The third kappa shape index (κ3) is 0.691. The van der Waals surface area contributed by atoms with E-state index in [1.807, 2.05) is 0 Å². The summed E-state index contributed by atoms with van der Waals surface area (Å²) in [5.41, 5.74) is 0.0930. The van der Waals surface area contributed by atoms with Crippen molar-refractivity contribution in [1.29, 1.82) is 5.26 Å². The molecule has 2 fully saturated rings. The molecule has 0 saturated carbocycles. The van der Waals surface area contributed by atoms with Gasteiger partial charge in [0.1, 0.15) is 0 Å². The van der Waals surface area contributed by atoms with E-state index in [9.17, 15) is 0 Å². The molecule has 54 valence electrons. The molecule has 0 bridgehead atoms. The van der Waals surface area contributed by atoms with Crippen LogP contribution in [0.3, 0.4) is 0 Å². The van der Waals surface area contributed by atoms with Crippen LogP contribution in [-0.2, 0) is 4.74 Å². The maximum absolute atomic E-state index is 8.54. The largest absolute Gasteiger partial charge is 0.373 e. The van der Waals surface area contributed by atoms with E-state index in [-0.39, 0.29) is 5.60 Å². The number of hydrogen-bond acceptors (Lipinski definition) is 3. The summed E-state index contributed by atoms with van der Waals surface area (Å²) in [5.74, 6) is 0. The lowest BCUT2D eigenvalue weighted by atomic mass is 9.94. The molecule has 1 spiro atoms. The van der Waals surface area contributed by atoms with Crippen LogP contribution in [0.15, 0.2) is 0 Å². The summed E-state index contributed by atoms with van der Waals surface area (Å²) in [6, 6.07) is 0. The number of nitriles is 1. The molecule has 2 heterocycles. The Morgan fingerprint density at radius 1 is 1.50 bits per heavy atom. The van der Waals surface area contributed by atoms with Gasteiger partial charge in [0.2, 0.25) is 0 Å². The van der Waals surface area contributed by atoms with Crippen molar-refractivity contribution >= 4 is 0 Å². The van der Waals surface area contributed by atoms with Gasteiger partial charge in [-0.25, -0.2) is 0 Å². The van der Waals surface area contributed by atoms with Crippen LogP contribution < -0.4 is 0 Å². The Hall–Kier alpha value is -0.750. The lowest BCUT2D eigenvalue weighted by molar-refractivity contribution is -0.135. The first-order valence-electron chi connectivity index (χ1n) is 3.63. The molecule has 0 N–H and O–H groups in total. The predicted octanol–water partition coefficient (Wildman–Crippen LogP) is 0.332. The van der Waals surface area contributed by atoms with Gasteiger partial charge in [0.15, 0.2) is 6.19 Å². The summed E-state index contributed by atoms with van der Waals surface area (Å²) in [7, 11) is 0. The van der Waals surface area contributed by atoms with Crippen molar-refractivity contribution in [3.05, 3.63) is 0 Å². The van der Waals surface area contributed by atoms with E-state index in [4.69, 9.17) is 10.00 Å². The standard InChI is InChI=1S/C7H10N2O/c8-6-9-3-1-7(5-9)2-4-10-7/h1-5H2/t7-/m0/s1. The van der Waals surface area contributed by atoms with Crippen molar-refractivity contribution < 1.29 is 4.74 Å². The second kappa shape index (κ2) is 1.86. The van der Waals surface area contributed by atoms with Crippen LogP contribution in [0.2, 0.25) is 0 Å². The van der Waals surface area contributed by atoms with Crippen LogP contribution >= 0.6 is 0 Å². The maximum atomic E-state index is 8.54. The predicted molar refractivity (Wildman–Crippen MR) is 35.1 cm³/mol. The van der Waals surface area contributed by atoms with E-state index < -0.39 is 0 Å². The summed E-state index contributed by atoms with van der Waals surface area (Å²) in [4.78, 5) is 1.78. The minimum atomic E-state index is 0.0930. The SMILES string of the molecule is N#CN1CC[C@]2(CCO2)C1. The molecule has 2 saturated heterocycles. The Morgan fingerprint density at radius 2 is 2.30 bits per heavy atom. The first kappa shape index (κ1) is 5.99. The van der Waals surface area contributed by atoms with Crippen LogP contribution in [0, 0.1) is 11.5 Å². The van der Waals surface area contributed by atoms with E-state index in [2.05, 4.69) is 6.19 Å².